The predicted molar refractivity (Wildman–Crippen MR) is 88.0 cm³/mol. The highest BCUT2D eigenvalue weighted by molar-refractivity contribution is 9.10. The van der Waals surface area contributed by atoms with E-state index in [4.69, 9.17) is 9.47 Å². The topological polar surface area (TPSA) is 76.7 Å². The molecule has 1 fully saturated rings. The fraction of sp³-hybridized carbons (Fsp3) is 0.571. The number of benzene rings is 1. The number of nitrogens with one attached hydrogen (secondary N) is 2. The average Bonchev–Trinajstić information content (AvgIpc) is 2.99. The van der Waals surface area contributed by atoms with Crippen LogP contribution in [0.25, 0.3) is 0 Å². The van der Waals surface area contributed by atoms with Crippen molar-refractivity contribution in [3.05, 3.63) is 16.6 Å². The van der Waals surface area contributed by atoms with E-state index in [9.17, 15) is 8.42 Å². The van der Waals surface area contributed by atoms with E-state index in [-0.39, 0.29) is 10.6 Å². The molecule has 1 aromatic carbocycles. The Balaban J connectivity index is 2.13. The summed E-state index contributed by atoms with van der Waals surface area (Å²) in [6.45, 7) is 2.38. The summed E-state index contributed by atoms with van der Waals surface area (Å²) < 4.78 is 38.6. The maximum Gasteiger partial charge on any atom is 0.244 e. The van der Waals surface area contributed by atoms with Gasteiger partial charge >= 0.3 is 0 Å². The Morgan fingerprint density at radius 1 is 1.32 bits per heavy atom. The Bertz CT molecular complexity index is 616. The molecular weight excluding hydrogens is 372 g/mol. The molecule has 1 aliphatic heterocycles. The lowest BCUT2D eigenvalue weighted by atomic mass is 10.1. The monoisotopic (exact) mass is 392 g/mol. The van der Waals surface area contributed by atoms with Crippen molar-refractivity contribution in [3.63, 3.8) is 0 Å². The molecular formula is C14H21BrN2O4S. The molecule has 0 aliphatic carbocycles. The van der Waals surface area contributed by atoms with E-state index in [0.29, 0.717) is 22.7 Å². The zero-order chi connectivity index (χ0) is 16.2. The van der Waals surface area contributed by atoms with Gasteiger partial charge in [0.2, 0.25) is 10.0 Å². The smallest absolute Gasteiger partial charge is 0.244 e. The van der Waals surface area contributed by atoms with E-state index in [1.54, 1.807) is 6.07 Å². The van der Waals surface area contributed by atoms with Crippen molar-refractivity contribution in [1.82, 2.24) is 10.0 Å². The van der Waals surface area contributed by atoms with Crippen LogP contribution in [-0.2, 0) is 10.0 Å². The van der Waals surface area contributed by atoms with Gasteiger partial charge in [0.25, 0.3) is 0 Å². The number of hydrogen-bond donors (Lipinski definition) is 2. The minimum absolute atomic E-state index is 0.0830. The van der Waals surface area contributed by atoms with E-state index < -0.39 is 10.0 Å². The van der Waals surface area contributed by atoms with Crippen molar-refractivity contribution in [1.29, 1.82) is 0 Å². The quantitative estimate of drug-likeness (QED) is 0.738. The third-order valence-electron chi connectivity index (χ3n) is 3.73. The largest absolute Gasteiger partial charge is 0.496 e. The molecule has 6 nitrogen and oxygen atoms in total. The van der Waals surface area contributed by atoms with Gasteiger partial charge in [0.15, 0.2) is 0 Å². The molecule has 1 aromatic rings. The second-order valence-electron chi connectivity index (χ2n) is 5.18. The highest BCUT2D eigenvalue weighted by Gasteiger charge is 2.23. The van der Waals surface area contributed by atoms with Crippen LogP contribution < -0.4 is 19.5 Å². The zero-order valence-corrected chi connectivity index (χ0v) is 15.1. The molecule has 22 heavy (non-hydrogen) atoms. The van der Waals surface area contributed by atoms with Gasteiger partial charge in [0.05, 0.1) is 18.7 Å². The SMILES string of the molecule is COc1cc(S(=O)(=O)NCCC2CCNC2)c(OC)cc1Br. The van der Waals surface area contributed by atoms with Gasteiger partial charge in [-0.2, -0.15) is 0 Å². The summed E-state index contributed by atoms with van der Waals surface area (Å²) in [6.07, 6.45) is 1.92. The number of sulfonamides is 1. The lowest BCUT2D eigenvalue weighted by molar-refractivity contribution is 0.390. The fourth-order valence-corrected chi connectivity index (χ4v) is 4.17. The highest BCUT2D eigenvalue weighted by atomic mass is 79.9. The molecule has 2 rings (SSSR count). The van der Waals surface area contributed by atoms with Crippen LogP contribution in [0.4, 0.5) is 0 Å². The van der Waals surface area contributed by atoms with Crippen molar-refractivity contribution in [2.75, 3.05) is 33.9 Å². The summed E-state index contributed by atoms with van der Waals surface area (Å²) in [6, 6.07) is 3.05. The fourth-order valence-electron chi connectivity index (χ4n) is 2.48. The summed E-state index contributed by atoms with van der Waals surface area (Å²) in [7, 11) is -0.709. The first-order valence-corrected chi connectivity index (χ1v) is 9.37. The van der Waals surface area contributed by atoms with Crippen LogP contribution in [0.2, 0.25) is 0 Å². The maximum absolute atomic E-state index is 12.5. The predicted octanol–water partition coefficient (Wildman–Crippen LogP) is 1.74. The minimum Gasteiger partial charge on any atom is -0.496 e. The average molecular weight is 393 g/mol. The van der Waals surface area contributed by atoms with Gasteiger partial charge in [-0.25, -0.2) is 13.1 Å². The third kappa shape index (κ3) is 4.13. The Morgan fingerprint density at radius 2 is 2.05 bits per heavy atom. The van der Waals surface area contributed by atoms with Gasteiger partial charge in [-0.1, -0.05) is 0 Å². The number of halogens is 1. The van der Waals surface area contributed by atoms with Crippen molar-refractivity contribution >= 4 is 26.0 Å². The molecule has 0 radical (unpaired) electrons. The minimum atomic E-state index is -3.64. The second-order valence-corrected chi connectivity index (χ2v) is 7.77. The maximum atomic E-state index is 12.5. The molecule has 2 N–H and O–H groups in total. The van der Waals surface area contributed by atoms with E-state index in [0.717, 1.165) is 25.9 Å². The van der Waals surface area contributed by atoms with Gasteiger partial charge in [-0.15, -0.1) is 0 Å². The van der Waals surface area contributed by atoms with E-state index >= 15 is 0 Å². The van der Waals surface area contributed by atoms with E-state index in [1.165, 1.54) is 20.3 Å². The van der Waals surface area contributed by atoms with Crippen molar-refractivity contribution in [3.8, 4) is 11.5 Å². The lowest BCUT2D eigenvalue weighted by Gasteiger charge is -2.14. The molecule has 1 saturated heterocycles. The summed E-state index contributed by atoms with van der Waals surface area (Å²) in [5.74, 6) is 1.26. The molecule has 1 atom stereocenters. The summed E-state index contributed by atoms with van der Waals surface area (Å²) in [5, 5.41) is 3.27. The Hall–Kier alpha value is -0.830. The number of methoxy groups -OCH3 is 2. The molecule has 124 valence electrons. The van der Waals surface area contributed by atoms with Crippen LogP contribution in [0.5, 0.6) is 11.5 Å². The van der Waals surface area contributed by atoms with Gasteiger partial charge in [0.1, 0.15) is 16.4 Å². The van der Waals surface area contributed by atoms with Crippen LogP contribution in [0.1, 0.15) is 12.8 Å². The van der Waals surface area contributed by atoms with Crippen LogP contribution in [0.3, 0.4) is 0 Å². The Morgan fingerprint density at radius 3 is 2.64 bits per heavy atom. The molecule has 0 bridgehead atoms. The highest BCUT2D eigenvalue weighted by Crippen LogP contribution is 2.35. The van der Waals surface area contributed by atoms with E-state index in [2.05, 4.69) is 26.0 Å². The van der Waals surface area contributed by atoms with Crippen LogP contribution in [0, 0.1) is 5.92 Å². The summed E-state index contributed by atoms with van der Waals surface area (Å²) in [4.78, 5) is 0.0830. The molecule has 1 aliphatic rings. The Labute approximate surface area is 139 Å². The third-order valence-corrected chi connectivity index (χ3v) is 5.84. The van der Waals surface area contributed by atoms with Crippen LogP contribution >= 0.6 is 15.9 Å². The van der Waals surface area contributed by atoms with Gasteiger partial charge in [-0.05, 0) is 53.8 Å². The first-order chi connectivity index (χ1) is 10.5. The lowest BCUT2D eigenvalue weighted by Crippen LogP contribution is -2.27. The molecule has 0 saturated carbocycles. The standard InChI is InChI=1S/C14H21BrN2O4S/c1-20-12-8-14(13(21-2)7-11(12)15)22(18,19)17-6-4-10-3-5-16-9-10/h7-8,10,16-17H,3-6,9H2,1-2H3. The first kappa shape index (κ1) is 17.5. The first-order valence-electron chi connectivity index (χ1n) is 7.10. The normalized spacial score (nSPS) is 18.4. The molecule has 0 amide bonds. The zero-order valence-electron chi connectivity index (χ0n) is 12.7. The number of hydrogen-bond acceptors (Lipinski definition) is 5. The summed E-state index contributed by atoms with van der Waals surface area (Å²) >= 11 is 3.32. The number of rotatable bonds is 7. The molecule has 0 spiro atoms. The molecule has 1 unspecified atom stereocenters. The summed E-state index contributed by atoms with van der Waals surface area (Å²) in [5.41, 5.74) is 0. The van der Waals surface area contributed by atoms with Crippen molar-refractivity contribution < 1.29 is 17.9 Å². The Kier molecular flexibility index (Phi) is 6.08. The van der Waals surface area contributed by atoms with Crippen LogP contribution in [-0.4, -0.2) is 42.3 Å². The van der Waals surface area contributed by atoms with Crippen molar-refractivity contribution in [2.24, 2.45) is 5.92 Å². The van der Waals surface area contributed by atoms with Gasteiger partial charge < -0.3 is 14.8 Å². The van der Waals surface area contributed by atoms with Crippen LogP contribution in [0.15, 0.2) is 21.5 Å². The number of ether oxygens (including phenoxy) is 2. The van der Waals surface area contributed by atoms with E-state index in [1.807, 2.05) is 0 Å². The van der Waals surface area contributed by atoms with Gasteiger partial charge in [0, 0.05) is 12.6 Å². The molecule has 1 heterocycles. The molecule has 8 heteroatoms. The molecule has 0 aromatic heterocycles. The second kappa shape index (κ2) is 7.63. The van der Waals surface area contributed by atoms with Crippen molar-refractivity contribution in [2.45, 2.75) is 17.7 Å². The van der Waals surface area contributed by atoms with Gasteiger partial charge in [-0.3, -0.25) is 0 Å².